The molecule has 2 aromatic carbocycles. The number of carbonyl (C=O) groups is 1. The molecule has 0 aliphatic heterocycles. The van der Waals surface area contributed by atoms with Gasteiger partial charge in [-0.3, -0.25) is 0 Å². The Balaban J connectivity index is 1.91. The van der Waals surface area contributed by atoms with Crippen molar-refractivity contribution in [3.63, 3.8) is 0 Å². The molecule has 0 aliphatic rings. The van der Waals surface area contributed by atoms with Crippen molar-refractivity contribution in [2.24, 2.45) is 0 Å². The van der Waals surface area contributed by atoms with Crippen molar-refractivity contribution >= 4 is 5.97 Å². The van der Waals surface area contributed by atoms with Crippen molar-refractivity contribution in [2.45, 2.75) is 0 Å². The quantitative estimate of drug-likeness (QED) is 0.824. The Kier molecular flexibility index (Phi) is 4.78. The molecule has 0 radical (unpaired) electrons. The first kappa shape index (κ1) is 14.4. The first-order valence-corrected chi connectivity index (χ1v) is 6.29. The van der Waals surface area contributed by atoms with E-state index in [1.165, 1.54) is 6.07 Å². The number of aromatic carboxylic acids is 1. The van der Waals surface area contributed by atoms with Crippen LogP contribution >= 0.6 is 0 Å². The fourth-order valence-corrected chi connectivity index (χ4v) is 1.76. The molecule has 21 heavy (non-hydrogen) atoms. The fourth-order valence-electron chi connectivity index (χ4n) is 1.76. The monoisotopic (exact) mass is 283 g/mol. The van der Waals surface area contributed by atoms with Crippen LogP contribution in [0, 0.1) is 11.3 Å². The van der Waals surface area contributed by atoms with Gasteiger partial charge in [-0.1, -0.05) is 24.3 Å². The summed E-state index contributed by atoms with van der Waals surface area (Å²) in [6.45, 7) is 0.400. The van der Waals surface area contributed by atoms with E-state index >= 15 is 0 Å². The molecule has 2 rings (SSSR count). The Bertz CT molecular complexity index is 676. The lowest BCUT2D eigenvalue weighted by Gasteiger charge is -2.10. The summed E-state index contributed by atoms with van der Waals surface area (Å²) in [5, 5.41) is 17.9. The second-order valence-electron chi connectivity index (χ2n) is 4.11. The molecule has 0 aliphatic carbocycles. The van der Waals surface area contributed by atoms with E-state index in [0.29, 0.717) is 17.1 Å². The number of carboxylic acids is 1. The molecule has 5 nitrogen and oxygen atoms in total. The Morgan fingerprint density at radius 1 is 1.00 bits per heavy atom. The molecule has 0 fully saturated rings. The molecule has 0 unspecified atom stereocenters. The molecular formula is C16H13NO4. The van der Waals surface area contributed by atoms with E-state index in [0.717, 1.165) is 0 Å². The van der Waals surface area contributed by atoms with E-state index in [1.54, 1.807) is 42.5 Å². The van der Waals surface area contributed by atoms with Gasteiger partial charge in [-0.15, -0.1) is 0 Å². The second-order valence-corrected chi connectivity index (χ2v) is 4.11. The number of para-hydroxylation sites is 2. The molecule has 5 heteroatoms. The van der Waals surface area contributed by atoms with E-state index in [4.69, 9.17) is 19.8 Å². The lowest BCUT2D eigenvalue weighted by molar-refractivity contribution is 0.0691. The Hall–Kier alpha value is -3.00. The first-order chi connectivity index (χ1) is 10.2. The van der Waals surface area contributed by atoms with E-state index in [9.17, 15) is 4.79 Å². The summed E-state index contributed by atoms with van der Waals surface area (Å²) >= 11 is 0. The minimum Gasteiger partial charge on any atom is -0.489 e. The maximum atomic E-state index is 11.0. The highest BCUT2D eigenvalue weighted by molar-refractivity contribution is 5.90. The Morgan fingerprint density at radius 3 is 2.24 bits per heavy atom. The van der Waals surface area contributed by atoms with Crippen molar-refractivity contribution < 1.29 is 19.4 Å². The molecular weight excluding hydrogens is 270 g/mol. The van der Waals surface area contributed by atoms with E-state index in [2.05, 4.69) is 0 Å². The summed E-state index contributed by atoms with van der Waals surface area (Å²) in [6, 6.07) is 15.3. The van der Waals surface area contributed by atoms with Crippen molar-refractivity contribution in [1.82, 2.24) is 0 Å². The minimum atomic E-state index is -1.04. The maximum absolute atomic E-state index is 11.0. The normalized spacial score (nSPS) is 9.67. The van der Waals surface area contributed by atoms with Gasteiger partial charge in [-0.05, 0) is 24.3 Å². The smallest absolute Gasteiger partial charge is 0.339 e. The third-order valence-corrected chi connectivity index (χ3v) is 2.72. The topological polar surface area (TPSA) is 79.5 Å². The summed E-state index contributed by atoms with van der Waals surface area (Å²) in [5.74, 6) is -0.265. The van der Waals surface area contributed by atoms with Crippen LogP contribution in [0.5, 0.6) is 11.5 Å². The molecule has 106 valence electrons. The van der Waals surface area contributed by atoms with Crippen molar-refractivity contribution in [3.05, 3.63) is 59.7 Å². The van der Waals surface area contributed by atoms with Crippen molar-refractivity contribution in [2.75, 3.05) is 13.2 Å². The average molecular weight is 283 g/mol. The van der Waals surface area contributed by atoms with Crippen LogP contribution < -0.4 is 9.47 Å². The van der Waals surface area contributed by atoms with E-state index < -0.39 is 5.97 Å². The lowest BCUT2D eigenvalue weighted by atomic mass is 10.2. The molecule has 0 saturated heterocycles. The third-order valence-electron chi connectivity index (χ3n) is 2.72. The van der Waals surface area contributed by atoms with Crippen molar-refractivity contribution in [3.8, 4) is 17.6 Å². The van der Waals surface area contributed by atoms with Crippen LogP contribution in [0.4, 0.5) is 0 Å². The predicted octanol–water partition coefficient (Wildman–Crippen LogP) is 2.71. The number of ether oxygens (including phenoxy) is 2. The summed E-state index contributed by atoms with van der Waals surface area (Å²) in [7, 11) is 0. The van der Waals surface area contributed by atoms with Gasteiger partial charge < -0.3 is 14.6 Å². The number of carboxylic acid groups (broad SMARTS) is 1. The summed E-state index contributed by atoms with van der Waals surface area (Å²) in [6.07, 6.45) is 0. The molecule has 0 heterocycles. The van der Waals surface area contributed by atoms with Crippen LogP contribution in [0.2, 0.25) is 0 Å². The standard InChI is InChI=1S/C16H13NO4/c17-11-12-5-1-3-7-14(12)20-9-10-21-15-8-4-2-6-13(15)16(18)19/h1-8H,9-10H2,(H,18,19). The second kappa shape index (κ2) is 6.96. The molecule has 0 atom stereocenters. The van der Waals surface area contributed by atoms with Gasteiger partial charge in [0.2, 0.25) is 0 Å². The Morgan fingerprint density at radius 2 is 1.57 bits per heavy atom. The third kappa shape index (κ3) is 3.74. The zero-order valence-corrected chi connectivity index (χ0v) is 11.2. The zero-order valence-electron chi connectivity index (χ0n) is 11.2. The summed E-state index contributed by atoms with van der Waals surface area (Å²) < 4.78 is 10.9. The minimum absolute atomic E-state index is 0.106. The molecule has 0 saturated carbocycles. The zero-order chi connectivity index (χ0) is 15.1. The van der Waals surface area contributed by atoms with Crippen LogP contribution in [0.25, 0.3) is 0 Å². The summed E-state index contributed by atoms with van der Waals surface area (Å²) in [5.41, 5.74) is 0.554. The molecule has 1 N–H and O–H groups in total. The number of rotatable bonds is 6. The van der Waals surface area contributed by atoms with Gasteiger partial charge in [0.25, 0.3) is 0 Å². The van der Waals surface area contributed by atoms with Gasteiger partial charge >= 0.3 is 5.97 Å². The van der Waals surface area contributed by atoms with Gasteiger partial charge in [-0.25, -0.2) is 4.79 Å². The molecule has 0 aromatic heterocycles. The van der Waals surface area contributed by atoms with Crippen molar-refractivity contribution in [1.29, 1.82) is 5.26 Å². The van der Waals surface area contributed by atoms with Gasteiger partial charge in [0, 0.05) is 0 Å². The van der Waals surface area contributed by atoms with Gasteiger partial charge in [0.05, 0.1) is 5.56 Å². The number of nitriles is 1. The highest BCUT2D eigenvalue weighted by Crippen LogP contribution is 2.19. The maximum Gasteiger partial charge on any atom is 0.339 e. The van der Waals surface area contributed by atoms with Crippen LogP contribution in [-0.4, -0.2) is 24.3 Å². The van der Waals surface area contributed by atoms with E-state index in [1.807, 2.05) is 6.07 Å². The van der Waals surface area contributed by atoms with Gasteiger partial charge in [0.1, 0.15) is 36.3 Å². The number of benzene rings is 2. The van der Waals surface area contributed by atoms with Crippen LogP contribution in [0.15, 0.2) is 48.5 Å². The summed E-state index contributed by atoms with van der Waals surface area (Å²) in [4.78, 5) is 11.0. The largest absolute Gasteiger partial charge is 0.489 e. The van der Waals surface area contributed by atoms with E-state index in [-0.39, 0.29) is 18.8 Å². The van der Waals surface area contributed by atoms with Crippen LogP contribution in [-0.2, 0) is 0 Å². The SMILES string of the molecule is N#Cc1ccccc1OCCOc1ccccc1C(=O)O. The fraction of sp³-hybridized carbons (Fsp3) is 0.125. The van der Waals surface area contributed by atoms with Crippen LogP contribution in [0.1, 0.15) is 15.9 Å². The average Bonchev–Trinajstić information content (AvgIpc) is 2.52. The number of hydrogen-bond acceptors (Lipinski definition) is 4. The van der Waals surface area contributed by atoms with Gasteiger partial charge in [0.15, 0.2) is 0 Å². The highest BCUT2D eigenvalue weighted by Gasteiger charge is 2.10. The number of nitrogens with zero attached hydrogens (tertiary/aromatic N) is 1. The number of hydrogen-bond donors (Lipinski definition) is 1. The molecule has 2 aromatic rings. The molecule has 0 bridgehead atoms. The lowest BCUT2D eigenvalue weighted by Crippen LogP contribution is -2.11. The van der Waals surface area contributed by atoms with Crippen LogP contribution in [0.3, 0.4) is 0 Å². The molecule has 0 amide bonds. The predicted molar refractivity (Wildman–Crippen MR) is 75.5 cm³/mol. The Labute approximate surface area is 122 Å². The van der Waals surface area contributed by atoms with Gasteiger partial charge in [-0.2, -0.15) is 5.26 Å². The molecule has 0 spiro atoms. The highest BCUT2D eigenvalue weighted by atomic mass is 16.5. The first-order valence-electron chi connectivity index (χ1n) is 6.29.